The number of nitrogens with one attached hydrogen (secondary N) is 1. The second kappa shape index (κ2) is 12.4. The predicted octanol–water partition coefficient (Wildman–Crippen LogP) is 4.77. The van der Waals surface area contributed by atoms with E-state index in [4.69, 9.17) is 4.74 Å². The van der Waals surface area contributed by atoms with E-state index in [1.54, 1.807) is 41.8 Å². The molecule has 38 heavy (non-hydrogen) atoms. The summed E-state index contributed by atoms with van der Waals surface area (Å²) in [5, 5.41) is 3.00. The molecule has 1 saturated carbocycles. The highest BCUT2D eigenvalue weighted by atomic mass is 19.1. The Morgan fingerprint density at radius 3 is 2.50 bits per heavy atom. The Labute approximate surface area is 223 Å². The van der Waals surface area contributed by atoms with E-state index in [1.807, 2.05) is 13.0 Å². The molecule has 1 heterocycles. The summed E-state index contributed by atoms with van der Waals surface area (Å²) in [7, 11) is 0. The smallest absolute Gasteiger partial charge is 0.411 e. The van der Waals surface area contributed by atoms with Gasteiger partial charge in [0.2, 0.25) is 0 Å². The van der Waals surface area contributed by atoms with E-state index in [2.05, 4.69) is 16.8 Å². The van der Waals surface area contributed by atoms with E-state index in [1.165, 1.54) is 12.1 Å². The maximum absolute atomic E-state index is 14.5. The van der Waals surface area contributed by atoms with Crippen LogP contribution in [0, 0.1) is 12.7 Å². The lowest BCUT2D eigenvalue weighted by atomic mass is 9.94. The van der Waals surface area contributed by atoms with E-state index in [0.717, 1.165) is 5.71 Å². The highest BCUT2D eigenvalue weighted by molar-refractivity contribution is 5.94. The van der Waals surface area contributed by atoms with Gasteiger partial charge in [-0.2, -0.15) is 4.58 Å². The number of rotatable bonds is 8. The maximum Gasteiger partial charge on any atom is 0.411 e. The lowest BCUT2D eigenvalue weighted by Crippen LogP contribution is -2.47. The molecule has 1 fully saturated rings. The van der Waals surface area contributed by atoms with Crippen LogP contribution in [0.25, 0.3) is 0 Å². The lowest BCUT2D eigenvalue weighted by molar-refractivity contribution is -0.451. The van der Waals surface area contributed by atoms with Gasteiger partial charge < -0.3 is 10.1 Å². The Balaban J connectivity index is 1.46. The summed E-state index contributed by atoms with van der Waals surface area (Å²) in [5.74, 6) is -0.0376. The first-order valence-corrected chi connectivity index (χ1v) is 13.2. The van der Waals surface area contributed by atoms with Crippen molar-refractivity contribution in [2.24, 2.45) is 0 Å². The van der Waals surface area contributed by atoms with Crippen LogP contribution < -0.4 is 10.1 Å². The van der Waals surface area contributed by atoms with E-state index in [9.17, 15) is 18.4 Å². The van der Waals surface area contributed by atoms with Crippen molar-refractivity contribution in [3.8, 4) is 5.75 Å². The topological polar surface area (TPSA) is 61.6 Å². The van der Waals surface area contributed by atoms with Crippen LogP contribution in [0.4, 0.5) is 8.78 Å². The number of hydrogen-bond donors (Lipinski definition) is 1. The fourth-order valence-corrected chi connectivity index (χ4v) is 5.05. The van der Waals surface area contributed by atoms with Crippen molar-refractivity contribution in [3.05, 3.63) is 77.6 Å². The lowest BCUT2D eigenvalue weighted by Gasteiger charge is -2.29. The van der Waals surface area contributed by atoms with Crippen LogP contribution in [0.2, 0.25) is 0 Å². The van der Waals surface area contributed by atoms with Gasteiger partial charge in [-0.3, -0.25) is 9.69 Å². The molecule has 2 aromatic rings. The van der Waals surface area contributed by atoms with Crippen molar-refractivity contribution >= 4 is 17.5 Å². The molecule has 0 aromatic heterocycles. The predicted molar refractivity (Wildman–Crippen MR) is 143 cm³/mol. The molecular weight excluding hydrogens is 488 g/mol. The normalized spacial score (nSPS) is 21.1. The fraction of sp³-hybridized carbons (Fsp3) is 0.433. The Hall–Kier alpha value is -3.39. The summed E-state index contributed by atoms with van der Waals surface area (Å²) < 4.78 is 35.9. The monoisotopic (exact) mass is 524 g/mol. The van der Waals surface area contributed by atoms with Gasteiger partial charge in [0.05, 0.1) is 13.1 Å². The highest BCUT2D eigenvalue weighted by Crippen LogP contribution is 2.26. The molecule has 6 nitrogen and oxygen atoms in total. The summed E-state index contributed by atoms with van der Waals surface area (Å²) in [5.41, 5.74) is 2.69. The molecule has 8 heteroatoms. The third-order valence-corrected chi connectivity index (χ3v) is 7.37. The highest BCUT2D eigenvalue weighted by Gasteiger charge is 2.29. The van der Waals surface area contributed by atoms with E-state index >= 15 is 0 Å². The number of amides is 2. The molecule has 1 N–H and O–H groups in total. The van der Waals surface area contributed by atoms with Crippen LogP contribution in [0.3, 0.4) is 0 Å². The number of carbonyl (C=O) groups excluding carboxylic acids is 2. The molecular formula is C30H36F2N3O3+. The SMILES string of the molecule is C=CC(=O)[N+]1=C(C)CN(C[C@@H](Oc2ccc(C(=O)NC3CCC(F)CC3)cc2)c2ccc(C)c(F)c2)CC1. The third-order valence-electron chi connectivity index (χ3n) is 7.37. The van der Waals surface area contributed by atoms with Gasteiger partial charge in [0.1, 0.15) is 23.8 Å². The molecule has 2 amide bonds. The molecule has 1 aliphatic carbocycles. The molecule has 0 radical (unpaired) electrons. The molecule has 1 aliphatic heterocycles. The number of hydrogen-bond acceptors (Lipinski definition) is 4. The number of ether oxygens (including phenoxy) is 1. The van der Waals surface area contributed by atoms with E-state index in [0.29, 0.717) is 74.3 Å². The number of halogens is 2. The second-order valence-electron chi connectivity index (χ2n) is 10.2. The van der Waals surface area contributed by atoms with Crippen molar-refractivity contribution in [1.29, 1.82) is 0 Å². The molecule has 1 atom stereocenters. The summed E-state index contributed by atoms with van der Waals surface area (Å²) in [6, 6.07) is 12.0. The van der Waals surface area contributed by atoms with Crippen molar-refractivity contribution in [1.82, 2.24) is 10.2 Å². The zero-order valence-electron chi connectivity index (χ0n) is 22.1. The Bertz CT molecular complexity index is 1200. The Morgan fingerprint density at radius 2 is 1.87 bits per heavy atom. The number of carbonyl (C=O) groups is 2. The molecule has 4 rings (SSSR count). The van der Waals surface area contributed by atoms with Crippen LogP contribution in [0.15, 0.2) is 55.1 Å². The van der Waals surface area contributed by atoms with Crippen LogP contribution in [-0.4, -0.2) is 65.4 Å². The summed E-state index contributed by atoms with van der Waals surface area (Å²) >= 11 is 0. The van der Waals surface area contributed by atoms with E-state index < -0.39 is 12.3 Å². The average molecular weight is 525 g/mol. The van der Waals surface area contributed by atoms with Gasteiger partial charge in [0, 0.05) is 31.1 Å². The zero-order valence-corrected chi connectivity index (χ0v) is 22.1. The molecule has 0 bridgehead atoms. The van der Waals surface area contributed by atoms with Crippen molar-refractivity contribution in [3.63, 3.8) is 0 Å². The van der Waals surface area contributed by atoms with Gasteiger partial charge in [0.25, 0.3) is 5.91 Å². The minimum atomic E-state index is -0.769. The minimum absolute atomic E-state index is 0.00579. The van der Waals surface area contributed by atoms with Crippen molar-refractivity contribution in [2.45, 2.75) is 57.8 Å². The molecule has 2 aromatic carbocycles. The minimum Gasteiger partial charge on any atom is -0.484 e. The largest absolute Gasteiger partial charge is 0.484 e. The van der Waals surface area contributed by atoms with Gasteiger partial charge in [-0.15, -0.1) is 0 Å². The summed E-state index contributed by atoms with van der Waals surface area (Å²) in [6.07, 6.45) is 2.35. The number of aryl methyl sites for hydroxylation is 1. The first-order chi connectivity index (χ1) is 18.2. The first kappa shape index (κ1) is 27.6. The van der Waals surface area contributed by atoms with E-state index in [-0.39, 0.29) is 23.7 Å². The second-order valence-corrected chi connectivity index (χ2v) is 10.2. The molecule has 2 aliphatic rings. The fourth-order valence-electron chi connectivity index (χ4n) is 5.05. The zero-order chi connectivity index (χ0) is 27.2. The van der Waals surface area contributed by atoms with Gasteiger partial charge in [-0.05, 0) is 74.1 Å². The number of alkyl halides is 1. The third kappa shape index (κ3) is 6.92. The quantitative estimate of drug-likeness (QED) is 0.399. The number of benzene rings is 2. The van der Waals surface area contributed by atoms with Gasteiger partial charge in [0.15, 0.2) is 12.3 Å². The Morgan fingerprint density at radius 1 is 1.16 bits per heavy atom. The average Bonchev–Trinajstić information content (AvgIpc) is 2.91. The van der Waals surface area contributed by atoms with Crippen LogP contribution in [0.5, 0.6) is 5.75 Å². The van der Waals surface area contributed by atoms with Crippen molar-refractivity contribution in [2.75, 3.05) is 26.2 Å². The first-order valence-electron chi connectivity index (χ1n) is 13.2. The van der Waals surface area contributed by atoms with Gasteiger partial charge in [-0.25, -0.2) is 13.6 Å². The molecule has 0 unspecified atom stereocenters. The maximum atomic E-state index is 14.5. The van der Waals surface area contributed by atoms with Gasteiger partial charge >= 0.3 is 5.91 Å². The van der Waals surface area contributed by atoms with Gasteiger partial charge in [-0.1, -0.05) is 18.7 Å². The summed E-state index contributed by atoms with van der Waals surface area (Å²) in [6.45, 7) is 9.48. The summed E-state index contributed by atoms with van der Waals surface area (Å²) in [4.78, 5) is 27.0. The Kier molecular flexibility index (Phi) is 9.05. The molecule has 0 saturated heterocycles. The standard InChI is InChI=1S/C30H35F2N3O3/c1-4-29(36)35-16-15-34(18-21(35)3)19-28(23-6-5-20(2)27(32)17-23)38-26-13-7-22(8-14-26)30(37)33-25-11-9-24(31)10-12-25/h4-8,13-14,17,24-25,28H,1,9-12,15-16,18-19H2,2-3H3/p+1/t24?,25?,28-/m1/s1. The van der Waals surface area contributed by atoms with Crippen LogP contribution >= 0.6 is 0 Å². The van der Waals surface area contributed by atoms with Crippen LogP contribution in [-0.2, 0) is 4.79 Å². The number of nitrogens with zero attached hydrogens (tertiary/aromatic N) is 2. The molecule has 202 valence electrons. The van der Waals surface area contributed by atoms with Crippen molar-refractivity contribution < 1.29 is 27.7 Å². The van der Waals surface area contributed by atoms with Crippen LogP contribution in [0.1, 0.15) is 60.2 Å². The molecule has 0 spiro atoms.